The zero-order chi connectivity index (χ0) is 26.5. The summed E-state index contributed by atoms with van der Waals surface area (Å²) < 4.78 is 64.4. The summed E-state index contributed by atoms with van der Waals surface area (Å²) in [6.45, 7) is 4.49. The first-order valence-electron chi connectivity index (χ1n) is 12.0. The third-order valence-corrected chi connectivity index (χ3v) is 7.22. The third-order valence-electron chi connectivity index (χ3n) is 7.22. The first kappa shape index (κ1) is 24.9. The van der Waals surface area contributed by atoms with Crippen LogP contribution in [0.1, 0.15) is 29.7 Å². The number of hydrogen-bond donors (Lipinski definition) is 0. The van der Waals surface area contributed by atoms with Crippen molar-refractivity contribution in [3.8, 4) is 5.75 Å². The van der Waals surface area contributed by atoms with E-state index >= 15 is 0 Å². The molecule has 1 saturated heterocycles. The first-order chi connectivity index (χ1) is 17.6. The van der Waals surface area contributed by atoms with E-state index in [1.54, 1.807) is 28.8 Å². The smallest absolute Gasteiger partial charge is 0.416 e. The molecule has 5 nitrogen and oxygen atoms in total. The average molecular weight is 514 g/mol. The van der Waals surface area contributed by atoms with Crippen LogP contribution in [0.25, 0.3) is 11.0 Å². The summed E-state index contributed by atoms with van der Waals surface area (Å²) >= 11 is 0. The minimum Gasteiger partial charge on any atom is -0.494 e. The number of alkyl halides is 3. The fourth-order valence-corrected chi connectivity index (χ4v) is 5.53. The number of ether oxygens (including phenoxy) is 1. The number of imidazole rings is 1. The first-order valence-corrected chi connectivity index (χ1v) is 12.0. The highest BCUT2D eigenvalue weighted by atomic mass is 19.4. The van der Waals surface area contributed by atoms with Crippen LogP contribution in [0.3, 0.4) is 0 Å². The minimum absolute atomic E-state index is 0.00913. The molecule has 2 heterocycles. The molecular weight excluding hydrogens is 486 g/mol. The Kier molecular flexibility index (Phi) is 6.25. The molecule has 2 atom stereocenters. The highest BCUT2D eigenvalue weighted by Crippen LogP contribution is 2.37. The highest BCUT2D eigenvalue weighted by Gasteiger charge is 2.37. The van der Waals surface area contributed by atoms with E-state index in [0.29, 0.717) is 35.6 Å². The maximum atomic E-state index is 14.7. The zero-order valence-electron chi connectivity index (χ0n) is 20.7. The Hall–Kier alpha value is -3.75. The van der Waals surface area contributed by atoms with Gasteiger partial charge in [0, 0.05) is 13.1 Å². The Morgan fingerprint density at radius 1 is 1.00 bits per heavy atom. The number of nitrogens with zero attached hydrogens (tertiary/aromatic N) is 3. The van der Waals surface area contributed by atoms with Gasteiger partial charge < -0.3 is 9.64 Å². The van der Waals surface area contributed by atoms with E-state index in [1.165, 1.54) is 35.9 Å². The maximum Gasteiger partial charge on any atom is 0.416 e. The van der Waals surface area contributed by atoms with Gasteiger partial charge in [-0.05, 0) is 48.2 Å². The number of aromatic nitrogens is 2. The van der Waals surface area contributed by atoms with Gasteiger partial charge in [-0.3, -0.25) is 9.13 Å². The van der Waals surface area contributed by atoms with Crippen LogP contribution in [0.4, 0.5) is 23.2 Å². The second-order valence-corrected chi connectivity index (χ2v) is 9.58. The molecule has 0 amide bonds. The van der Waals surface area contributed by atoms with Crippen molar-refractivity contribution in [1.82, 2.24) is 9.13 Å². The number of halogens is 4. The number of anilines is 1. The molecule has 1 aromatic heterocycles. The molecule has 2 unspecified atom stereocenters. The lowest BCUT2D eigenvalue weighted by Crippen LogP contribution is -2.31. The lowest BCUT2D eigenvalue weighted by molar-refractivity contribution is -0.138. The van der Waals surface area contributed by atoms with Crippen LogP contribution in [0, 0.1) is 18.7 Å². The number of fused-ring (bicyclic) bond motifs is 1. The molecule has 0 aliphatic carbocycles. The van der Waals surface area contributed by atoms with Gasteiger partial charge in [0.1, 0.15) is 17.1 Å². The molecule has 194 valence electrons. The van der Waals surface area contributed by atoms with Crippen molar-refractivity contribution < 1.29 is 22.3 Å². The molecule has 4 aromatic rings. The Bertz CT molecular complexity index is 1500. The number of para-hydroxylation sites is 2. The van der Waals surface area contributed by atoms with E-state index in [9.17, 15) is 22.4 Å². The molecule has 9 heteroatoms. The van der Waals surface area contributed by atoms with Crippen molar-refractivity contribution >= 4 is 16.7 Å². The van der Waals surface area contributed by atoms with Crippen LogP contribution in [0.2, 0.25) is 0 Å². The van der Waals surface area contributed by atoms with Gasteiger partial charge in [-0.25, -0.2) is 9.18 Å². The molecule has 0 bridgehead atoms. The number of benzene rings is 3. The van der Waals surface area contributed by atoms with E-state index < -0.39 is 17.4 Å². The Labute approximate surface area is 211 Å². The monoisotopic (exact) mass is 513 g/mol. The third kappa shape index (κ3) is 4.26. The maximum absolute atomic E-state index is 14.7. The SMILES string of the molecule is COc1cccc2c1n(Cc1ccccc1C(F)(F)F)c(=O)n2C1CN(c2c(C)cccc2F)CC1C. The summed E-state index contributed by atoms with van der Waals surface area (Å²) in [5.74, 6) is 0.0442. The van der Waals surface area contributed by atoms with Gasteiger partial charge in [-0.1, -0.05) is 43.3 Å². The normalized spacial score (nSPS) is 18.1. The Morgan fingerprint density at radius 3 is 2.43 bits per heavy atom. The van der Waals surface area contributed by atoms with E-state index in [4.69, 9.17) is 4.74 Å². The largest absolute Gasteiger partial charge is 0.494 e. The van der Waals surface area contributed by atoms with E-state index in [2.05, 4.69) is 0 Å². The summed E-state index contributed by atoms with van der Waals surface area (Å²) in [6, 6.07) is 15.1. The van der Waals surface area contributed by atoms with Crippen LogP contribution in [0.15, 0.2) is 65.5 Å². The molecular formula is C28H27F4N3O2. The lowest BCUT2D eigenvalue weighted by Gasteiger charge is -2.21. The number of rotatable bonds is 5. The van der Waals surface area contributed by atoms with E-state index in [1.807, 2.05) is 24.8 Å². The quantitative estimate of drug-likeness (QED) is 0.306. The molecule has 37 heavy (non-hydrogen) atoms. The summed E-state index contributed by atoms with van der Waals surface area (Å²) in [5, 5.41) is 0. The van der Waals surface area contributed by atoms with Gasteiger partial charge in [0.05, 0.1) is 36.5 Å². The van der Waals surface area contributed by atoms with E-state index in [0.717, 1.165) is 11.6 Å². The molecule has 0 radical (unpaired) electrons. The van der Waals surface area contributed by atoms with Gasteiger partial charge >= 0.3 is 11.9 Å². The Morgan fingerprint density at radius 2 is 1.73 bits per heavy atom. The molecule has 0 spiro atoms. The second kappa shape index (κ2) is 9.28. The van der Waals surface area contributed by atoms with Crippen molar-refractivity contribution in [2.45, 2.75) is 32.6 Å². The Balaban J connectivity index is 1.65. The van der Waals surface area contributed by atoms with Crippen molar-refractivity contribution in [3.63, 3.8) is 0 Å². The van der Waals surface area contributed by atoms with Crippen molar-refractivity contribution in [3.05, 3.63) is 93.7 Å². The van der Waals surface area contributed by atoms with Crippen LogP contribution < -0.4 is 15.3 Å². The lowest BCUT2D eigenvalue weighted by atomic mass is 10.1. The fourth-order valence-electron chi connectivity index (χ4n) is 5.53. The highest BCUT2D eigenvalue weighted by molar-refractivity contribution is 5.83. The van der Waals surface area contributed by atoms with Crippen molar-refractivity contribution in [1.29, 1.82) is 0 Å². The van der Waals surface area contributed by atoms with Gasteiger partial charge in [-0.2, -0.15) is 13.2 Å². The minimum atomic E-state index is -4.55. The van der Waals surface area contributed by atoms with Gasteiger partial charge in [0.25, 0.3) is 0 Å². The predicted octanol–water partition coefficient (Wildman–Crippen LogP) is 6.02. The van der Waals surface area contributed by atoms with Crippen molar-refractivity contribution in [2.75, 3.05) is 25.1 Å². The average Bonchev–Trinajstić information content (AvgIpc) is 3.35. The zero-order valence-corrected chi connectivity index (χ0v) is 20.7. The van der Waals surface area contributed by atoms with E-state index in [-0.39, 0.29) is 29.9 Å². The fraction of sp³-hybridized carbons (Fsp3) is 0.321. The summed E-state index contributed by atoms with van der Waals surface area (Å²) in [4.78, 5) is 15.9. The molecule has 0 N–H and O–H groups in total. The predicted molar refractivity (Wildman–Crippen MR) is 135 cm³/mol. The van der Waals surface area contributed by atoms with Crippen LogP contribution in [-0.4, -0.2) is 29.3 Å². The molecule has 0 saturated carbocycles. The number of methoxy groups -OCH3 is 1. The molecule has 1 aliphatic heterocycles. The topological polar surface area (TPSA) is 39.4 Å². The summed E-state index contributed by atoms with van der Waals surface area (Å²) in [7, 11) is 1.46. The van der Waals surface area contributed by atoms with Crippen LogP contribution in [-0.2, 0) is 12.7 Å². The second-order valence-electron chi connectivity index (χ2n) is 9.58. The summed E-state index contributed by atoms with van der Waals surface area (Å²) in [6.07, 6.45) is -4.55. The van der Waals surface area contributed by atoms with Crippen LogP contribution in [0.5, 0.6) is 5.75 Å². The molecule has 1 fully saturated rings. The van der Waals surface area contributed by atoms with Gasteiger partial charge in [-0.15, -0.1) is 0 Å². The van der Waals surface area contributed by atoms with Gasteiger partial charge in [0.15, 0.2) is 0 Å². The molecule has 5 rings (SSSR count). The standard InChI is InChI=1S/C28H27F4N3O2/c1-17-8-6-11-21(29)25(17)33-14-18(2)23(16-33)35-22-12-7-13-24(37-3)26(22)34(27(35)36)15-19-9-4-5-10-20(19)28(30,31)32/h4-13,18,23H,14-16H2,1-3H3. The number of hydrogen-bond acceptors (Lipinski definition) is 3. The molecule has 1 aliphatic rings. The van der Waals surface area contributed by atoms with Crippen molar-refractivity contribution in [2.24, 2.45) is 5.92 Å². The number of aryl methyl sites for hydroxylation is 1. The van der Waals surface area contributed by atoms with Crippen LogP contribution >= 0.6 is 0 Å². The summed E-state index contributed by atoms with van der Waals surface area (Å²) in [5.41, 5.74) is 1.08. The van der Waals surface area contributed by atoms with Gasteiger partial charge in [0.2, 0.25) is 0 Å². The molecule has 3 aromatic carbocycles.